The maximum atomic E-state index is 10.8. The highest BCUT2D eigenvalue weighted by Gasteiger charge is 2.16. The van der Waals surface area contributed by atoms with Crippen molar-refractivity contribution in [3.63, 3.8) is 0 Å². The number of aromatic nitrogens is 4. The first kappa shape index (κ1) is 11.8. The van der Waals surface area contributed by atoms with Crippen LogP contribution >= 0.6 is 23.2 Å². The monoisotopic (exact) mass is 272 g/mol. The quantitative estimate of drug-likeness (QED) is 0.904. The van der Waals surface area contributed by atoms with E-state index in [2.05, 4.69) is 15.5 Å². The molecule has 2 aromatic rings. The van der Waals surface area contributed by atoms with Gasteiger partial charge in [-0.3, -0.25) is 0 Å². The first-order valence-corrected chi connectivity index (χ1v) is 5.24. The first-order chi connectivity index (χ1) is 8.00. The zero-order valence-electron chi connectivity index (χ0n) is 8.55. The lowest BCUT2D eigenvalue weighted by Gasteiger charge is -2.08. The van der Waals surface area contributed by atoms with E-state index in [0.29, 0.717) is 11.5 Å². The average molecular weight is 273 g/mol. The van der Waals surface area contributed by atoms with Gasteiger partial charge in [-0.05, 0) is 29.5 Å². The van der Waals surface area contributed by atoms with Crippen LogP contribution < -0.4 is 0 Å². The third-order valence-corrected chi connectivity index (χ3v) is 2.68. The summed E-state index contributed by atoms with van der Waals surface area (Å²) in [7, 11) is 0. The predicted octanol–water partition coefficient (Wildman–Crippen LogP) is 1.98. The van der Waals surface area contributed by atoms with E-state index in [9.17, 15) is 4.79 Å². The van der Waals surface area contributed by atoms with E-state index >= 15 is 0 Å². The van der Waals surface area contributed by atoms with Crippen LogP contribution in [0.2, 0.25) is 10.0 Å². The molecule has 2 rings (SSSR count). The summed E-state index contributed by atoms with van der Waals surface area (Å²) in [6, 6.07) is 2.60. The molecule has 8 heteroatoms. The van der Waals surface area contributed by atoms with Crippen LogP contribution in [-0.4, -0.2) is 31.3 Å². The molecule has 0 fully saturated rings. The number of carboxylic acid groups (broad SMARTS) is 1. The second-order valence-corrected chi connectivity index (χ2v) is 4.05. The molecule has 0 saturated carbocycles. The normalized spacial score (nSPS) is 10.5. The lowest BCUT2D eigenvalue weighted by atomic mass is 10.2. The van der Waals surface area contributed by atoms with Crippen LogP contribution in [0.15, 0.2) is 12.1 Å². The van der Waals surface area contributed by atoms with Gasteiger partial charge in [0.15, 0.2) is 5.82 Å². The van der Waals surface area contributed by atoms with Crippen molar-refractivity contribution in [3.05, 3.63) is 33.6 Å². The number of carboxylic acids is 1. The molecule has 6 nitrogen and oxygen atoms in total. The summed E-state index contributed by atoms with van der Waals surface area (Å²) >= 11 is 12.0. The molecule has 1 heterocycles. The Morgan fingerprint density at radius 3 is 2.35 bits per heavy atom. The summed E-state index contributed by atoms with van der Waals surface area (Å²) in [6.45, 7) is 1.68. The molecule has 0 bridgehead atoms. The SMILES string of the molecule is Cc1nnnn1-c1c(Cl)cc(C(=O)O)cc1Cl. The van der Waals surface area contributed by atoms with Gasteiger partial charge in [-0.15, -0.1) is 5.10 Å². The standard InChI is InChI=1S/C9H6Cl2N4O2/c1-4-12-13-14-15(4)8-6(10)2-5(9(16)17)3-7(8)11/h2-3H,1H3,(H,16,17). The number of carbonyl (C=O) groups is 1. The molecule has 0 amide bonds. The third kappa shape index (κ3) is 2.09. The Kier molecular flexibility index (Phi) is 2.99. The van der Waals surface area contributed by atoms with Crippen molar-refractivity contribution in [3.8, 4) is 5.69 Å². The topological polar surface area (TPSA) is 80.9 Å². The molecule has 0 radical (unpaired) electrons. The van der Waals surface area contributed by atoms with E-state index in [1.165, 1.54) is 16.8 Å². The molecule has 1 aromatic carbocycles. The summed E-state index contributed by atoms with van der Waals surface area (Å²) in [4.78, 5) is 10.8. The summed E-state index contributed by atoms with van der Waals surface area (Å²) in [6.07, 6.45) is 0. The predicted molar refractivity (Wildman–Crippen MR) is 60.9 cm³/mol. The van der Waals surface area contributed by atoms with Gasteiger partial charge < -0.3 is 5.11 Å². The van der Waals surface area contributed by atoms with Gasteiger partial charge in [-0.2, -0.15) is 4.68 Å². The van der Waals surface area contributed by atoms with E-state index in [0.717, 1.165) is 0 Å². The molecule has 88 valence electrons. The Hall–Kier alpha value is -1.66. The molecule has 0 unspecified atom stereocenters. The van der Waals surface area contributed by atoms with Crippen molar-refractivity contribution in [2.24, 2.45) is 0 Å². The smallest absolute Gasteiger partial charge is 0.335 e. The van der Waals surface area contributed by atoms with Gasteiger partial charge in [0, 0.05) is 0 Å². The van der Waals surface area contributed by atoms with Gasteiger partial charge in [-0.1, -0.05) is 23.2 Å². The van der Waals surface area contributed by atoms with E-state index in [1.54, 1.807) is 6.92 Å². The van der Waals surface area contributed by atoms with E-state index in [1.807, 2.05) is 0 Å². The Morgan fingerprint density at radius 1 is 1.35 bits per heavy atom. The Balaban J connectivity index is 2.65. The van der Waals surface area contributed by atoms with Crippen LogP contribution in [0.5, 0.6) is 0 Å². The van der Waals surface area contributed by atoms with E-state index in [-0.39, 0.29) is 15.6 Å². The minimum atomic E-state index is -1.10. The van der Waals surface area contributed by atoms with Gasteiger partial charge in [0.1, 0.15) is 5.69 Å². The summed E-state index contributed by atoms with van der Waals surface area (Å²) < 4.78 is 1.34. The number of aromatic carboxylic acids is 1. The molecule has 1 N–H and O–H groups in total. The highest BCUT2D eigenvalue weighted by atomic mass is 35.5. The van der Waals surface area contributed by atoms with Crippen LogP contribution in [0.1, 0.15) is 16.2 Å². The number of halogens is 2. The largest absolute Gasteiger partial charge is 0.478 e. The van der Waals surface area contributed by atoms with Crippen molar-refractivity contribution < 1.29 is 9.90 Å². The number of benzene rings is 1. The van der Waals surface area contributed by atoms with Gasteiger partial charge in [0.2, 0.25) is 0 Å². The zero-order valence-corrected chi connectivity index (χ0v) is 10.1. The molecule has 0 spiro atoms. The summed E-state index contributed by atoms with van der Waals surface area (Å²) in [5.41, 5.74) is 0.371. The second-order valence-electron chi connectivity index (χ2n) is 3.23. The molecule has 0 saturated heterocycles. The number of hydrogen-bond acceptors (Lipinski definition) is 4. The van der Waals surface area contributed by atoms with E-state index < -0.39 is 5.97 Å². The number of aryl methyl sites for hydroxylation is 1. The van der Waals surface area contributed by atoms with Crippen molar-refractivity contribution in [1.82, 2.24) is 20.2 Å². The number of tetrazole rings is 1. The number of rotatable bonds is 2. The first-order valence-electron chi connectivity index (χ1n) is 4.48. The molecular formula is C9H6Cl2N4O2. The number of hydrogen-bond donors (Lipinski definition) is 1. The third-order valence-electron chi connectivity index (χ3n) is 2.10. The maximum absolute atomic E-state index is 10.8. The zero-order chi connectivity index (χ0) is 12.6. The van der Waals surface area contributed by atoms with Crippen LogP contribution in [0.3, 0.4) is 0 Å². The molecular weight excluding hydrogens is 267 g/mol. The fraction of sp³-hybridized carbons (Fsp3) is 0.111. The second kappa shape index (κ2) is 4.31. The summed E-state index contributed by atoms with van der Waals surface area (Å²) in [5, 5.41) is 20.1. The van der Waals surface area contributed by atoms with Crippen molar-refractivity contribution >= 4 is 29.2 Å². The van der Waals surface area contributed by atoms with Crippen LogP contribution in [-0.2, 0) is 0 Å². The number of nitrogens with zero attached hydrogens (tertiary/aromatic N) is 4. The van der Waals surface area contributed by atoms with Gasteiger partial charge in [-0.25, -0.2) is 4.79 Å². The molecule has 0 aliphatic heterocycles. The van der Waals surface area contributed by atoms with Gasteiger partial charge in [0.25, 0.3) is 0 Å². The maximum Gasteiger partial charge on any atom is 0.335 e. The molecule has 0 atom stereocenters. The molecule has 0 aliphatic rings. The van der Waals surface area contributed by atoms with Crippen LogP contribution in [0.4, 0.5) is 0 Å². The average Bonchev–Trinajstić information content (AvgIpc) is 2.64. The minimum Gasteiger partial charge on any atom is -0.478 e. The summed E-state index contributed by atoms with van der Waals surface area (Å²) in [5.74, 6) is -0.606. The van der Waals surface area contributed by atoms with Crippen molar-refractivity contribution in [1.29, 1.82) is 0 Å². The fourth-order valence-corrected chi connectivity index (χ4v) is 1.98. The molecule has 0 aliphatic carbocycles. The van der Waals surface area contributed by atoms with Gasteiger partial charge >= 0.3 is 5.97 Å². The lowest BCUT2D eigenvalue weighted by Crippen LogP contribution is -2.04. The fourth-order valence-electron chi connectivity index (χ4n) is 1.33. The van der Waals surface area contributed by atoms with E-state index in [4.69, 9.17) is 28.3 Å². The molecule has 17 heavy (non-hydrogen) atoms. The van der Waals surface area contributed by atoms with Crippen LogP contribution in [0.25, 0.3) is 5.69 Å². The van der Waals surface area contributed by atoms with Crippen molar-refractivity contribution in [2.45, 2.75) is 6.92 Å². The Bertz CT molecular complexity index is 573. The highest BCUT2D eigenvalue weighted by Crippen LogP contribution is 2.30. The van der Waals surface area contributed by atoms with Gasteiger partial charge in [0.05, 0.1) is 15.6 Å². The highest BCUT2D eigenvalue weighted by molar-refractivity contribution is 6.38. The lowest BCUT2D eigenvalue weighted by molar-refractivity contribution is 0.0697. The Morgan fingerprint density at radius 2 is 1.94 bits per heavy atom. The Labute approximate surface area is 106 Å². The van der Waals surface area contributed by atoms with Crippen LogP contribution in [0, 0.1) is 6.92 Å². The minimum absolute atomic E-state index is 0.00878. The van der Waals surface area contributed by atoms with Crippen molar-refractivity contribution in [2.75, 3.05) is 0 Å². The molecule has 1 aromatic heterocycles.